The number of nitrogens with one attached hydrogen (secondary N) is 1. The number of pyridine rings is 1. The maximum Gasteiger partial charge on any atom is 0.434 e. The molecule has 0 atom stereocenters. The van der Waals surface area contributed by atoms with Crippen LogP contribution in [0.25, 0.3) is 0 Å². The number of hydrogen-bond donors (Lipinski definition) is 1. The molecule has 0 radical (unpaired) electrons. The summed E-state index contributed by atoms with van der Waals surface area (Å²) in [5.74, 6) is -0.859. The predicted octanol–water partition coefficient (Wildman–Crippen LogP) is 1.64. The summed E-state index contributed by atoms with van der Waals surface area (Å²) < 4.78 is 44.1. The van der Waals surface area contributed by atoms with Crippen LogP contribution in [0, 0.1) is 11.3 Å². The Morgan fingerprint density at radius 2 is 1.86 bits per heavy atom. The lowest BCUT2D eigenvalue weighted by Gasteiger charge is -2.18. The summed E-state index contributed by atoms with van der Waals surface area (Å²) in [6.07, 6.45) is -4.83. The predicted molar refractivity (Wildman–Crippen MR) is 96.9 cm³/mol. The van der Waals surface area contributed by atoms with Crippen molar-refractivity contribution in [1.29, 1.82) is 5.26 Å². The maximum absolute atomic E-state index is 13.0. The highest BCUT2D eigenvalue weighted by Crippen LogP contribution is 2.32. The Balaban J connectivity index is 0.000000336. The van der Waals surface area contributed by atoms with E-state index in [0.717, 1.165) is 19.3 Å². The number of rotatable bonds is 2. The topological polar surface area (TPSA) is 67.4 Å². The zero-order valence-corrected chi connectivity index (χ0v) is 15.9. The number of halogens is 3. The first-order chi connectivity index (χ1) is 13.2. The number of likely N-dealkylation sites (N-methyl/N-ethyl adjacent to an activating group) is 1. The number of ether oxygens (including phenoxy) is 1. The second-order valence-electron chi connectivity index (χ2n) is 6.11. The number of benzene rings is 1. The van der Waals surface area contributed by atoms with Crippen molar-refractivity contribution >= 4 is 18.4 Å². The molecule has 2 heterocycles. The van der Waals surface area contributed by atoms with Crippen LogP contribution in [0.3, 0.4) is 0 Å². The van der Waals surface area contributed by atoms with Crippen LogP contribution in [0.15, 0.2) is 41.4 Å². The van der Waals surface area contributed by atoms with Gasteiger partial charge in [-0.25, -0.2) is 0 Å². The number of aromatic nitrogens is 1. The standard InChI is InChI=1S/C14H7F3N2OS.C5H11NO/c15-14(16,17)12-10(6-9(7-18)13(21)19-12)11(20)8-4-2-1-3-5-8;1-6-2-4-7-5-3-6/h1-6H,(H,19,21);2-5H2,1H3. The molecule has 1 aliphatic rings. The number of alkyl halides is 3. The molecule has 0 aliphatic carbocycles. The van der Waals surface area contributed by atoms with E-state index in [0.29, 0.717) is 0 Å². The van der Waals surface area contributed by atoms with E-state index >= 15 is 0 Å². The van der Waals surface area contributed by atoms with Crippen molar-refractivity contribution < 1.29 is 27.6 Å². The Morgan fingerprint density at radius 3 is 2.32 bits per heavy atom. The van der Waals surface area contributed by atoms with Crippen molar-refractivity contribution in [3.8, 4) is 6.07 Å². The molecular formula is C19H18F3N3O2S. The molecule has 3 rings (SSSR count). The van der Waals surface area contributed by atoms with Crippen LogP contribution in [0.1, 0.15) is 27.2 Å². The molecular weight excluding hydrogens is 391 g/mol. The van der Waals surface area contributed by atoms with Crippen LogP contribution in [-0.4, -0.2) is 44.1 Å². The molecule has 1 saturated heterocycles. The summed E-state index contributed by atoms with van der Waals surface area (Å²) in [5, 5.41) is 8.36. The van der Waals surface area contributed by atoms with Crippen molar-refractivity contribution in [3.05, 3.63) is 58.8 Å². The van der Waals surface area contributed by atoms with Gasteiger partial charge in [0.2, 0.25) is 0 Å². The molecule has 0 unspecified atom stereocenters. The number of morpholine rings is 1. The molecule has 0 saturated carbocycles. The molecule has 9 heteroatoms. The molecule has 5 nitrogen and oxygen atoms in total. The third-order valence-corrected chi connectivity index (χ3v) is 4.31. The van der Waals surface area contributed by atoms with E-state index in [9.17, 15) is 18.0 Å². The van der Waals surface area contributed by atoms with Crippen molar-refractivity contribution in [3.63, 3.8) is 0 Å². The van der Waals surface area contributed by atoms with Gasteiger partial charge in [0.1, 0.15) is 13.1 Å². The fourth-order valence-corrected chi connectivity index (χ4v) is 2.63. The van der Waals surface area contributed by atoms with Gasteiger partial charge in [-0.1, -0.05) is 35.4 Å². The van der Waals surface area contributed by atoms with Crippen LogP contribution in [-0.2, 0) is 23.5 Å². The van der Waals surface area contributed by atoms with E-state index in [-0.39, 0.29) is 11.1 Å². The van der Waals surface area contributed by atoms with Crippen LogP contribution in [0.5, 0.6) is 0 Å². The first kappa shape index (κ1) is 21.8. The Labute approximate surface area is 166 Å². The number of nitriles is 1. The molecule has 28 heavy (non-hydrogen) atoms. The minimum Gasteiger partial charge on any atom is -0.759 e. The Morgan fingerprint density at radius 1 is 1.25 bits per heavy atom. The molecule has 0 spiro atoms. The molecule has 148 valence electrons. The van der Waals surface area contributed by atoms with Crippen LogP contribution in [0.4, 0.5) is 13.2 Å². The number of quaternary nitrogens is 1. The lowest BCUT2D eigenvalue weighted by molar-refractivity contribution is -0.888. The van der Waals surface area contributed by atoms with Gasteiger partial charge in [0.25, 0.3) is 0 Å². The van der Waals surface area contributed by atoms with Crippen molar-refractivity contribution in [2.24, 2.45) is 0 Å². The summed E-state index contributed by atoms with van der Waals surface area (Å²) in [6, 6.07) is 9.93. The van der Waals surface area contributed by atoms with Crippen LogP contribution >= 0.6 is 0 Å². The maximum atomic E-state index is 13.0. The lowest BCUT2D eigenvalue weighted by Crippen LogP contribution is -3.11. The number of nitrogens with zero attached hydrogens (tertiary/aromatic N) is 2. The van der Waals surface area contributed by atoms with Crippen molar-refractivity contribution in [1.82, 2.24) is 4.98 Å². The minimum atomic E-state index is -4.83. The highest BCUT2D eigenvalue weighted by molar-refractivity contribution is 7.58. The highest BCUT2D eigenvalue weighted by atomic mass is 32.1. The second kappa shape index (κ2) is 9.59. The smallest absolute Gasteiger partial charge is 0.434 e. The molecule has 1 aromatic heterocycles. The molecule has 1 N–H and O–H groups in total. The van der Waals surface area contributed by atoms with E-state index < -0.39 is 28.2 Å². The van der Waals surface area contributed by atoms with Gasteiger partial charge in [-0.05, 0) is 6.07 Å². The van der Waals surface area contributed by atoms with E-state index in [1.165, 1.54) is 37.4 Å². The quantitative estimate of drug-likeness (QED) is 0.604. The minimum absolute atomic E-state index is 0.0748. The fraction of sp³-hybridized carbons (Fsp3) is 0.316. The first-order valence-corrected chi connectivity index (χ1v) is 8.83. The molecule has 0 bridgehead atoms. The zero-order valence-electron chi connectivity index (χ0n) is 15.0. The highest BCUT2D eigenvalue weighted by Gasteiger charge is 2.37. The second-order valence-corrected chi connectivity index (χ2v) is 6.50. The Hall–Kier alpha value is -2.54. The van der Waals surface area contributed by atoms with Gasteiger partial charge in [0, 0.05) is 5.56 Å². The summed E-state index contributed by atoms with van der Waals surface area (Å²) in [4.78, 5) is 17.0. The van der Waals surface area contributed by atoms with Gasteiger partial charge in [0.15, 0.2) is 11.5 Å². The Kier molecular flexibility index (Phi) is 7.45. The SMILES string of the molecule is C[NH+]1CCOCC1.N#Cc1cc(C(=O)c2ccccc2)c(C(F)(F)F)nc1[S-]. The van der Waals surface area contributed by atoms with Gasteiger partial charge in [-0.15, -0.1) is 0 Å². The van der Waals surface area contributed by atoms with E-state index in [2.05, 4.69) is 24.7 Å². The van der Waals surface area contributed by atoms with Crippen LogP contribution < -0.4 is 4.90 Å². The number of ketones is 1. The Bertz CT molecular complexity index is 861. The van der Waals surface area contributed by atoms with E-state index in [4.69, 9.17) is 10.00 Å². The van der Waals surface area contributed by atoms with Gasteiger partial charge in [0.05, 0.1) is 37.5 Å². The van der Waals surface area contributed by atoms with E-state index in [1.807, 2.05) is 0 Å². The first-order valence-electron chi connectivity index (χ1n) is 8.42. The molecule has 1 aliphatic heterocycles. The number of carbonyl (C=O) groups is 1. The average Bonchev–Trinajstić information content (AvgIpc) is 2.68. The van der Waals surface area contributed by atoms with Gasteiger partial charge < -0.3 is 22.3 Å². The molecule has 1 aromatic carbocycles. The summed E-state index contributed by atoms with van der Waals surface area (Å²) in [6.45, 7) is 4.26. The summed E-state index contributed by atoms with van der Waals surface area (Å²) >= 11 is 4.63. The van der Waals surface area contributed by atoms with Gasteiger partial charge >= 0.3 is 6.18 Å². The van der Waals surface area contributed by atoms with Gasteiger partial charge in [-0.3, -0.25) is 9.78 Å². The fourth-order valence-electron chi connectivity index (χ4n) is 2.43. The monoisotopic (exact) mass is 409 g/mol. The zero-order chi connectivity index (χ0) is 20.7. The third-order valence-electron chi connectivity index (χ3n) is 4.00. The molecule has 0 amide bonds. The average molecular weight is 409 g/mol. The number of carbonyl (C=O) groups excluding carboxylic acids is 1. The summed E-state index contributed by atoms with van der Waals surface area (Å²) in [7, 11) is 2.20. The van der Waals surface area contributed by atoms with E-state index in [1.54, 1.807) is 17.0 Å². The third kappa shape index (κ3) is 5.73. The lowest BCUT2D eigenvalue weighted by atomic mass is 10.0. The summed E-state index contributed by atoms with van der Waals surface area (Å²) in [5.41, 5.74) is -2.22. The van der Waals surface area contributed by atoms with Crippen molar-refractivity contribution in [2.45, 2.75) is 11.2 Å². The largest absolute Gasteiger partial charge is 0.759 e. The molecule has 2 aromatic rings. The number of hydrogen-bond acceptors (Lipinski definition) is 5. The molecule has 1 fully saturated rings. The van der Waals surface area contributed by atoms with Crippen LogP contribution in [0.2, 0.25) is 0 Å². The normalized spacial score (nSPS) is 14.5. The van der Waals surface area contributed by atoms with Gasteiger partial charge in [-0.2, -0.15) is 18.4 Å². The van der Waals surface area contributed by atoms with Crippen molar-refractivity contribution in [2.75, 3.05) is 33.4 Å².